The van der Waals surface area contributed by atoms with Crippen LogP contribution in [0.4, 0.5) is 13.6 Å². The summed E-state index contributed by atoms with van der Waals surface area (Å²) in [6, 6.07) is 0. The molecule has 0 aliphatic carbocycles. The van der Waals surface area contributed by atoms with Crippen LogP contribution in [0.2, 0.25) is 0 Å². The van der Waals surface area contributed by atoms with Crippen molar-refractivity contribution in [1.29, 1.82) is 0 Å². The molecule has 1 amide bonds. The molecule has 0 aromatic heterocycles. The van der Waals surface area contributed by atoms with Crippen LogP contribution in [0.3, 0.4) is 0 Å². The number of rotatable bonds is 3. The number of carbonyl (C=O) groups excluding carboxylic acids is 1. The van der Waals surface area contributed by atoms with E-state index in [2.05, 4.69) is 10.1 Å². The molecular formula is C5H9F2NO2. The van der Waals surface area contributed by atoms with Crippen molar-refractivity contribution in [2.75, 3.05) is 13.2 Å². The molecule has 10 heavy (non-hydrogen) atoms. The first-order valence-electron chi connectivity index (χ1n) is 2.85. The van der Waals surface area contributed by atoms with Gasteiger partial charge in [-0.05, 0) is 6.92 Å². The molecule has 0 spiro atoms. The van der Waals surface area contributed by atoms with E-state index in [1.54, 1.807) is 6.92 Å². The third-order valence-electron chi connectivity index (χ3n) is 0.662. The molecule has 0 fully saturated rings. The van der Waals surface area contributed by atoms with E-state index in [9.17, 15) is 13.6 Å². The molecule has 0 aromatic carbocycles. The summed E-state index contributed by atoms with van der Waals surface area (Å²) in [5.74, 6) is 0. The zero-order chi connectivity index (χ0) is 7.98. The van der Waals surface area contributed by atoms with Crippen LogP contribution >= 0.6 is 0 Å². The first-order valence-corrected chi connectivity index (χ1v) is 2.85. The largest absolute Gasteiger partial charge is 0.443 e. The molecule has 5 heteroatoms. The number of alkyl carbamates (subject to hydrolysis) is 1. The molecule has 0 aromatic rings. The van der Waals surface area contributed by atoms with E-state index >= 15 is 0 Å². The lowest BCUT2D eigenvalue weighted by atomic mass is 10.7. The summed E-state index contributed by atoms with van der Waals surface area (Å²) in [5.41, 5.74) is 0. The van der Waals surface area contributed by atoms with Gasteiger partial charge < -0.3 is 10.1 Å². The summed E-state index contributed by atoms with van der Waals surface area (Å²) in [6.07, 6.45) is -3.40. The number of nitrogens with one attached hydrogen (secondary N) is 1. The van der Waals surface area contributed by atoms with Crippen molar-refractivity contribution in [1.82, 2.24) is 5.32 Å². The van der Waals surface area contributed by atoms with Crippen LogP contribution in [0.15, 0.2) is 0 Å². The van der Waals surface area contributed by atoms with Gasteiger partial charge in [0, 0.05) is 6.54 Å². The number of halogens is 2. The van der Waals surface area contributed by atoms with E-state index in [4.69, 9.17) is 0 Å². The third kappa shape index (κ3) is 5.27. The van der Waals surface area contributed by atoms with E-state index in [0.29, 0.717) is 6.54 Å². The zero-order valence-corrected chi connectivity index (χ0v) is 5.56. The third-order valence-corrected chi connectivity index (χ3v) is 0.662. The smallest absolute Gasteiger partial charge is 0.407 e. The molecular weight excluding hydrogens is 144 g/mol. The van der Waals surface area contributed by atoms with Crippen molar-refractivity contribution in [2.24, 2.45) is 0 Å². The normalized spacial score (nSPS) is 9.60. The van der Waals surface area contributed by atoms with Crippen molar-refractivity contribution in [3.8, 4) is 0 Å². The van der Waals surface area contributed by atoms with Gasteiger partial charge in [-0.15, -0.1) is 0 Å². The fraction of sp³-hybridized carbons (Fsp3) is 0.800. The summed E-state index contributed by atoms with van der Waals surface area (Å²) in [7, 11) is 0. The van der Waals surface area contributed by atoms with Crippen LogP contribution < -0.4 is 5.32 Å². The topological polar surface area (TPSA) is 38.3 Å². The molecule has 60 valence electrons. The number of ether oxygens (including phenoxy) is 1. The molecule has 1 N–H and O–H groups in total. The lowest BCUT2D eigenvalue weighted by molar-refractivity contribution is 0.0491. The number of carbonyl (C=O) groups is 1. The zero-order valence-electron chi connectivity index (χ0n) is 5.56. The van der Waals surface area contributed by atoms with Gasteiger partial charge in [0.25, 0.3) is 6.43 Å². The molecule has 0 saturated heterocycles. The molecule has 0 unspecified atom stereocenters. The first kappa shape index (κ1) is 9.13. The van der Waals surface area contributed by atoms with Crippen molar-refractivity contribution >= 4 is 6.09 Å². The minimum Gasteiger partial charge on any atom is -0.443 e. The first-order chi connectivity index (χ1) is 4.66. The van der Waals surface area contributed by atoms with Gasteiger partial charge in [-0.25, -0.2) is 13.6 Å². The van der Waals surface area contributed by atoms with Gasteiger partial charge in [-0.2, -0.15) is 0 Å². The Hall–Kier alpha value is -0.870. The highest BCUT2D eigenvalue weighted by molar-refractivity contribution is 5.66. The highest BCUT2D eigenvalue weighted by atomic mass is 19.3. The molecule has 0 aliphatic rings. The van der Waals surface area contributed by atoms with Gasteiger partial charge in [-0.3, -0.25) is 0 Å². The molecule has 0 atom stereocenters. The second kappa shape index (κ2) is 4.96. The van der Waals surface area contributed by atoms with Crippen LogP contribution in [0.5, 0.6) is 0 Å². The molecule has 3 nitrogen and oxygen atoms in total. The highest BCUT2D eigenvalue weighted by Crippen LogP contribution is 1.91. The SMILES string of the molecule is CCNC(=O)OCC(F)F. The van der Waals surface area contributed by atoms with Gasteiger partial charge in [0.05, 0.1) is 0 Å². The summed E-state index contributed by atoms with van der Waals surface area (Å²) in [6.45, 7) is 1.21. The maximum Gasteiger partial charge on any atom is 0.407 e. The number of hydrogen-bond donors (Lipinski definition) is 1. The van der Waals surface area contributed by atoms with E-state index in [1.165, 1.54) is 0 Å². The molecule has 0 radical (unpaired) electrons. The Labute approximate surface area is 57.4 Å². The predicted octanol–water partition coefficient (Wildman–Crippen LogP) is 0.998. The molecule has 0 bridgehead atoms. The van der Waals surface area contributed by atoms with Crippen molar-refractivity contribution in [3.05, 3.63) is 0 Å². The van der Waals surface area contributed by atoms with Gasteiger partial charge >= 0.3 is 6.09 Å². The quantitative estimate of drug-likeness (QED) is 0.656. The Bertz CT molecular complexity index is 108. The van der Waals surface area contributed by atoms with E-state index in [1.807, 2.05) is 0 Å². The van der Waals surface area contributed by atoms with Gasteiger partial charge in [0.1, 0.15) is 0 Å². The molecule has 0 saturated carbocycles. The Kier molecular flexibility index (Phi) is 4.53. The Morgan fingerprint density at radius 2 is 2.30 bits per heavy atom. The predicted molar refractivity (Wildman–Crippen MR) is 31.0 cm³/mol. The van der Waals surface area contributed by atoms with Crippen molar-refractivity contribution in [2.45, 2.75) is 13.3 Å². The second-order valence-corrected chi connectivity index (χ2v) is 1.52. The van der Waals surface area contributed by atoms with Gasteiger partial charge in [0.15, 0.2) is 6.61 Å². The second-order valence-electron chi connectivity index (χ2n) is 1.52. The summed E-state index contributed by atoms with van der Waals surface area (Å²) in [4.78, 5) is 10.3. The Morgan fingerprint density at radius 3 is 2.70 bits per heavy atom. The van der Waals surface area contributed by atoms with Crippen LogP contribution in [0.25, 0.3) is 0 Å². The standard InChI is InChI=1S/C5H9F2NO2/c1-2-8-5(9)10-3-4(6)7/h4H,2-3H2,1H3,(H,8,9). The Balaban J connectivity index is 3.22. The van der Waals surface area contributed by atoms with E-state index in [0.717, 1.165) is 0 Å². The maximum atomic E-state index is 11.3. The van der Waals surface area contributed by atoms with Crippen molar-refractivity contribution < 1.29 is 18.3 Å². The van der Waals surface area contributed by atoms with Gasteiger partial charge in [0.2, 0.25) is 0 Å². The summed E-state index contributed by atoms with van der Waals surface area (Å²) < 4.78 is 26.7. The fourth-order valence-electron chi connectivity index (χ4n) is 0.334. The number of amides is 1. The van der Waals surface area contributed by atoms with Gasteiger partial charge in [-0.1, -0.05) is 0 Å². The summed E-state index contributed by atoms with van der Waals surface area (Å²) >= 11 is 0. The molecule has 0 rings (SSSR count). The number of alkyl halides is 2. The molecule has 0 aliphatic heterocycles. The summed E-state index contributed by atoms with van der Waals surface area (Å²) in [5, 5.41) is 2.21. The van der Waals surface area contributed by atoms with Crippen LogP contribution in [-0.4, -0.2) is 25.7 Å². The maximum absolute atomic E-state index is 11.3. The molecule has 0 heterocycles. The minimum absolute atomic E-state index is 0.377. The van der Waals surface area contributed by atoms with E-state index < -0.39 is 19.1 Å². The van der Waals surface area contributed by atoms with Crippen LogP contribution in [0, 0.1) is 0 Å². The monoisotopic (exact) mass is 153 g/mol. The highest BCUT2D eigenvalue weighted by Gasteiger charge is 2.05. The average Bonchev–Trinajstić information content (AvgIpc) is 1.85. The van der Waals surface area contributed by atoms with Crippen LogP contribution in [0.1, 0.15) is 6.92 Å². The lowest BCUT2D eigenvalue weighted by Crippen LogP contribution is -2.25. The van der Waals surface area contributed by atoms with Crippen LogP contribution in [-0.2, 0) is 4.74 Å². The van der Waals surface area contributed by atoms with E-state index in [-0.39, 0.29) is 0 Å². The van der Waals surface area contributed by atoms with Crippen molar-refractivity contribution in [3.63, 3.8) is 0 Å². The average molecular weight is 153 g/mol. The Morgan fingerprint density at radius 1 is 1.70 bits per heavy atom. The lowest BCUT2D eigenvalue weighted by Gasteiger charge is -2.02. The number of hydrogen-bond acceptors (Lipinski definition) is 2. The minimum atomic E-state index is -2.59. The fourth-order valence-corrected chi connectivity index (χ4v) is 0.334.